The molecule has 3 aliphatic heterocycles. The summed E-state index contributed by atoms with van der Waals surface area (Å²) >= 11 is 0. The number of carbonyl (C=O) groups excluding carboxylic acids is 8. The number of benzene rings is 2. The molecule has 3 aliphatic rings. The molecule has 0 spiro atoms. The minimum atomic E-state index is -0.969. The Kier molecular flexibility index (Phi) is 19.4. The number of hydrogen-bond donors (Lipinski definition) is 5. The number of hydrogen-bond acceptors (Lipinski definition) is 12. The lowest BCUT2D eigenvalue weighted by Gasteiger charge is -2.25. The topological polar surface area (TPSA) is 251 Å². The number of ketones is 2. The van der Waals surface area contributed by atoms with Crippen molar-refractivity contribution < 1.29 is 57.3 Å². The number of nitrogens with zero attached hydrogens (tertiary/aromatic N) is 1. The highest BCUT2D eigenvalue weighted by molar-refractivity contribution is 6.12. The molecule has 370 valence electrons. The van der Waals surface area contributed by atoms with Crippen LogP contribution in [0.2, 0.25) is 0 Å². The second-order valence-electron chi connectivity index (χ2n) is 19.0. The number of unbranched alkanes of at least 4 members (excludes halogenated alkanes) is 2. The third-order valence-electron chi connectivity index (χ3n) is 11.7. The highest BCUT2D eigenvalue weighted by atomic mass is 16.8. The maximum absolute atomic E-state index is 14.3. The zero-order valence-corrected chi connectivity index (χ0v) is 39.8. The van der Waals surface area contributed by atoms with Gasteiger partial charge in [0.25, 0.3) is 11.8 Å². The van der Waals surface area contributed by atoms with Gasteiger partial charge in [0.1, 0.15) is 29.7 Å². The van der Waals surface area contributed by atoms with Gasteiger partial charge < -0.3 is 45.9 Å². The van der Waals surface area contributed by atoms with Crippen LogP contribution in [0.4, 0.5) is 9.59 Å². The smallest absolute Gasteiger partial charge is 0.407 e. The fraction of sp³-hybridized carbons (Fsp3) is 0.560. The maximum Gasteiger partial charge on any atom is 0.407 e. The molecule has 2 fully saturated rings. The van der Waals surface area contributed by atoms with Gasteiger partial charge in [0.15, 0.2) is 11.6 Å². The van der Waals surface area contributed by atoms with Crippen molar-refractivity contribution >= 4 is 47.3 Å². The normalized spacial score (nSPS) is 20.3. The van der Waals surface area contributed by atoms with E-state index in [0.717, 1.165) is 16.7 Å². The summed E-state index contributed by atoms with van der Waals surface area (Å²) in [6, 6.07) is 15.0. The van der Waals surface area contributed by atoms with E-state index in [4.69, 9.17) is 24.7 Å². The van der Waals surface area contributed by atoms with Crippen LogP contribution in [0.3, 0.4) is 0 Å². The molecule has 6 N–H and O–H groups in total. The molecule has 3 unspecified atom stereocenters. The van der Waals surface area contributed by atoms with Crippen LogP contribution in [0.25, 0.3) is 0 Å². The number of primary amides is 1. The van der Waals surface area contributed by atoms with Crippen LogP contribution in [0, 0.1) is 5.92 Å². The standard InChI is InChI=1S/C50H68N6O12/c1-49(2,3)68-48(64)53-25-23-32-17-19-34(20-18-32)28-38(58)37(15-12-24-52-47(51)63)55-46(62)35(27-33-13-8-6-9-14-33)29-36(57)30-39-44-45(67-50(4,5)66-44)40(65-39)31-54-41(59)16-10-7-11-26-56-42(60)21-22-43(56)61/h6,8-9,13-14,17-22,35,37,39-40,44-45H,7,10-12,15-16,23-31H2,1-5H3,(H,53,64)(H,54,59)(H,55,62)(H3,51,52,63)/t35-,37?,39-,40+,44?,45?/m0/s1. The summed E-state index contributed by atoms with van der Waals surface area (Å²) in [5.41, 5.74) is 7.15. The van der Waals surface area contributed by atoms with Gasteiger partial charge >= 0.3 is 12.1 Å². The Hall–Kier alpha value is -5.98. The number of nitrogens with two attached hydrogens (primary N) is 1. The van der Waals surface area contributed by atoms with Gasteiger partial charge in [-0.15, -0.1) is 0 Å². The summed E-state index contributed by atoms with van der Waals surface area (Å²) in [5, 5.41) is 11.1. The summed E-state index contributed by atoms with van der Waals surface area (Å²) in [7, 11) is 0. The number of Topliss-reactive ketones (excluding diaryl/α,β-unsaturated/α-hetero) is 2. The fourth-order valence-electron chi connectivity index (χ4n) is 8.42. The quantitative estimate of drug-likeness (QED) is 0.0666. The van der Waals surface area contributed by atoms with Crippen molar-refractivity contribution in [1.82, 2.24) is 26.2 Å². The van der Waals surface area contributed by atoms with Crippen molar-refractivity contribution in [1.29, 1.82) is 0 Å². The van der Waals surface area contributed by atoms with E-state index in [-0.39, 0.29) is 80.9 Å². The average molecular weight is 945 g/mol. The first-order valence-electron chi connectivity index (χ1n) is 23.5. The Labute approximate surface area is 398 Å². The number of urea groups is 1. The first-order valence-corrected chi connectivity index (χ1v) is 23.5. The first-order chi connectivity index (χ1) is 32.2. The minimum Gasteiger partial charge on any atom is -0.444 e. The molecule has 18 heteroatoms. The second kappa shape index (κ2) is 24.9. The molecule has 2 saturated heterocycles. The number of rotatable bonds is 26. The van der Waals surface area contributed by atoms with Gasteiger partial charge in [-0.25, -0.2) is 9.59 Å². The van der Waals surface area contributed by atoms with Crippen LogP contribution in [0.1, 0.15) is 103 Å². The highest BCUT2D eigenvalue weighted by Gasteiger charge is 2.55. The van der Waals surface area contributed by atoms with Crippen LogP contribution < -0.4 is 27.0 Å². The first kappa shape index (κ1) is 53.0. The summed E-state index contributed by atoms with van der Waals surface area (Å²) in [4.78, 5) is 103. The van der Waals surface area contributed by atoms with E-state index in [1.807, 2.05) is 54.6 Å². The van der Waals surface area contributed by atoms with Gasteiger partial charge in [-0.05, 0) is 89.8 Å². The van der Waals surface area contributed by atoms with Crippen LogP contribution in [-0.2, 0) is 67.0 Å². The van der Waals surface area contributed by atoms with E-state index in [1.54, 1.807) is 34.6 Å². The van der Waals surface area contributed by atoms with Crippen molar-refractivity contribution in [3.63, 3.8) is 0 Å². The zero-order chi connectivity index (χ0) is 49.4. The fourth-order valence-corrected chi connectivity index (χ4v) is 8.42. The van der Waals surface area contributed by atoms with Gasteiger partial charge in [-0.2, -0.15) is 0 Å². The summed E-state index contributed by atoms with van der Waals surface area (Å²) in [6.07, 6.45) is 2.58. The van der Waals surface area contributed by atoms with E-state index in [0.29, 0.717) is 45.2 Å². The summed E-state index contributed by atoms with van der Waals surface area (Å²) in [6.45, 7) is 9.87. The SMILES string of the molecule is CC(C)(C)OC(=O)NCCc1ccc(CC(=O)C(CCCNC(N)=O)NC(=O)[C@H](CC(=O)C[C@@H]2O[C@H](CNC(=O)CCCCCN3C(=O)C=CC3=O)C3OC(C)(C)OC32)Cc2ccccc2)cc1. The molecule has 0 radical (unpaired) electrons. The average Bonchev–Trinajstić information content (AvgIpc) is 3.88. The molecule has 18 nitrogen and oxygen atoms in total. The summed E-state index contributed by atoms with van der Waals surface area (Å²) < 4.78 is 24.0. The molecule has 3 heterocycles. The summed E-state index contributed by atoms with van der Waals surface area (Å²) in [5.74, 6) is -3.67. The predicted octanol–water partition coefficient (Wildman–Crippen LogP) is 3.90. The molecular formula is C50H68N6O12. The largest absolute Gasteiger partial charge is 0.444 e. The van der Waals surface area contributed by atoms with Crippen LogP contribution in [0.5, 0.6) is 0 Å². The third kappa shape index (κ3) is 17.3. The third-order valence-corrected chi connectivity index (χ3v) is 11.7. The van der Waals surface area contributed by atoms with Gasteiger partial charge in [-0.1, -0.05) is 61.0 Å². The van der Waals surface area contributed by atoms with Crippen molar-refractivity contribution in [2.75, 3.05) is 26.2 Å². The Bertz CT molecular complexity index is 2100. The van der Waals surface area contributed by atoms with Gasteiger partial charge in [0.2, 0.25) is 11.8 Å². The molecule has 7 amide bonds. The molecule has 0 aliphatic carbocycles. The zero-order valence-electron chi connectivity index (χ0n) is 39.8. The van der Waals surface area contributed by atoms with E-state index in [1.165, 1.54) is 17.1 Å². The lowest BCUT2D eigenvalue weighted by Crippen LogP contribution is -2.45. The highest BCUT2D eigenvalue weighted by Crippen LogP contribution is 2.40. The minimum absolute atomic E-state index is 0.0117. The van der Waals surface area contributed by atoms with Crippen LogP contribution >= 0.6 is 0 Å². The number of alkyl carbamates (subject to hydrolysis) is 1. The van der Waals surface area contributed by atoms with Crippen molar-refractivity contribution in [2.24, 2.45) is 11.7 Å². The molecule has 0 aromatic heterocycles. The molecule has 2 aromatic carbocycles. The van der Waals surface area contributed by atoms with Crippen molar-refractivity contribution in [3.8, 4) is 0 Å². The number of carbonyl (C=O) groups is 8. The molecular weight excluding hydrogens is 877 g/mol. The lowest BCUT2D eigenvalue weighted by molar-refractivity contribution is -0.187. The molecule has 0 bridgehead atoms. The van der Waals surface area contributed by atoms with Gasteiger partial charge in [-0.3, -0.25) is 33.7 Å². The predicted molar refractivity (Wildman–Crippen MR) is 250 cm³/mol. The molecule has 2 aromatic rings. The molecule has 6 atom stereocenters. The molecule has 5 rings (SSSR count). The second-order valence-corrected chi connectivity index (χ2v) is 19.0. The maximum atomic E-state index is 14.3. The Morgan fingerprint density at radius 3 is 2.12 bits per heavy atom. The number of amides is 7. The van der Waals surface area contributed by atoms with E-state index >= 15 is 0 Å². The van der Waals surface area contributed by atoms with E-state index < -0.39 is 65.8 Å². The Morgan fingerprint density at radius 1 is 0.794 bits per heavy atom. The van der Waals surface area contributed by atoms with Crippen LogP contribution in [-0.4, -0.2) is 120 Å². The molecule has 0 saturated carbocycles. The monoisotopic (exact) mass is 944 g/mol. The van der Waals surface area contributed by atoms with Crippen LogP contribution in [0.15, 0.2) is 66.7 Å². The number of imide groups is 1. The Balaban J connectivity index is 1.18. The number of nitrogens with one attached hydrogen (secondary N) is 4. The van der Waals surface area contributed by atoms with Gasteiger partial charge in [0.05, 0.1) is 12.1 Å². The van der Waals surface area contributed by atoms with E-state index in [9.17, 15) is 38.4 Å². The van der Waals surface area contributed by atoms with Gasteiger partial charge in [0, 0.05) is 69.9 Å². The number of ether oxygens (including phenoxy) is 4. The molecule has 68 heavy (non-hydrogen) atoms. The lowest BCUT2D eigenvalue weighted by atomic mass is 9.90. The van der Waals surface area contributed by atoms with Crippen molar-refractivity contribution in [3.05, 3.63) is 83.4 Å². The Morgan fingerprint density at radius 2 is 1.46 bits per heavy atom. The van der Waals surface area contributed by atoms with E-state index in [2.05, 4.69) is 21.3 Å². The number of fused-ring (bicyclic) bond motifs is 1. The van der Waals surface area contributed by atoms with Crippen molar-refractivity contribution in [2.45, 2.75) is 147 Å².